The van der Waals surface area contributed by atoms with E-state index in [9.17, 15) is 0 Å². The van der Waals surface area contributed by atoms with E-state index < -0.39 is 5.41 Å². The largest absolute Gasteiger partial charge is 0.455 e. The molecule has 284 valence electrons. The summed E-state index contributed by atoms with van der Waals surface area (Å²) in [5.41, 5.74) is 12.5. The summed E-state index contributed by atoms with van der Waals surface area (Å²) >= 11 is 0. The molecule has 1 aliphatic heterocycles. The van der Waals surface area contributed by atoms with Crippen LogP contribution in [0.15, 0.2) is 224 Å². The summed E-state index contributed by atoms with van der Waals surface area (Å²) in [4.78, 5) is 2.43. The summed E-state index contributed by atoms with van der Waals surface area (Å²) in [6, 6.07) is 82.3. The molecule has 0 saturated heterocycles. The van der Waals surface area contributed by atoms with Crippen LogP contribution in [0.1, 0.15) is 22.3 Å². The Labute approximate surface area is 354 Å². The van der Waals surface area contributed by atoms with Crippen molar-refractivity contribution < 1.29 is 4.74 Å². The summed E-state index contributed by atoms with van der Waals surface area (Å²) in [5, 5.41) is 9.42. The fraction of sp³-hybridized carbons (Fsp3) is 0.0169. The van der Waals surface area contributed by atoms with Crippen LogP contribution in [0.5, 0.6) is 11.5 Å². The normalized spacial score (nSPS) is 13.2. The van der Waals surface area contributed by atoms with E-state index in [2.05, 4.69) is 229 Å². The average molecular weight is 776 g/mol. The molecule has 61 heavy (non-hydrogen) atoms. The maximum absolute atomic E-state index is 7.21. The SMILES string of the molecule is c1cc(-c2cccc3c2-c2ccccc2C32c3ccc4ccccc4c3Oc3c2ccc2ccccc32)cc(N(c2ccc3ccccc3c2)c2cccc3ccccc23)c1. The first kappa shape index (κ1) is 34.0. The Morgan fingerprint density at radius 2 is 0.852 bits per heavy atom. The van der Waals surface area contributed by atoms with E-state index in [1.165, 1.54) is 71.3 Å². The van der Waals surface area contributed by atoms with Gasteiger partial charge < -0.3 is 9.64 Å². The lowest BCUT2D eigenvalue weighted by atomic mass is 9.65. The predicted octanol–water partition coefficient (Wildman–Crippen LogP) is 15.9. The van der Waals surface area contributed by atoms with Gasteiger partial charge >= 0.3 is 0 Å². The van der Waals surface area contributed by atoms with Crippen LogP contribution < -0.4 is 9.64 Å². The van der Waals surface area contributed by atoms with Crippen molar-refractivity contribution in [1.29, 1.82) is 0 Å². The van der Waals surface area contributed by atoms with Crippen LogP contribution >= 0.6 is 0 Å². The summed E-state index contributed by atoms with van der Waals surface area (Å²) in [7, 11) is 0. The smallest absolute Gasteiger partial charge is 0.140 e. The molecule has 1 spiro atoms. The van der Waals surface area contributed by atoms with E-state index in [1.54, 1.807) is 0 Å². The Kier molecular flexibility index (Phi) is 7.26. The highest BCUT2D eigenvalue weighted by atomic mass is 16.5. The van der Waals surface area contributed by atoms with Gasteiger partial charge in [-0.05, 0) is 90.6 Å². The van der Waals surface area contributed by atoms with Gasteiger partial charge in [0.25, 0.3) is 0 Å². The molecule has 11 aromatic carbocycles. The first-order valence-corrected chi connectivity index (χ1v) is 21.1. The third-order valence-electron chi connectivity index (χ3n) is 13.3. The average Bonchev–Trinajstić information content (AvgIpc) is 3.62. The van der Waals surface area contributed by atoms with Crippen molar-refractivity contribution in [3.8, 4) is 33.8 Å². The van der Waals surface area contributed by atoms with Crippen LogP contribution in [0.4, 0.5) is 17.1 Å². The quantitative estimate of drug-likeness (QED) is 0.177. The van der Waals surface area contributed by atoms with Gasteiger partial charge in [-0.2, -0.15) is 0 Å². The third kappa shape index (κ3) is 4.85. The lowest BCUT2D eigenvalue weighted by Crippen LogP contribution is -2.32. The third-order valence-corrected chi connectivity index (χ3v) is 13.3. The molecule has 2 heteroatoms. The number of nitrogens with zero attached hydrogens (tertiary/aromatic N) is 1. The van der Waals surface area contributed by atoms with Gasteiger partial charge in [-0.3, -0.25) is 0 Å². The number of hydrogen-bond donors (Lipinski definition) is 0. The van der Waals surface area contributed by atoms with Gasteiger partial charge in [-0.25, -0.2) is 0 Å². The topological polar surface area (TPSA) is 12.5 Å². The maximum atomic E-state index is 7.21. The summed E-state index contributed by atoms with van der Waals surface area (Å²) < 4.78 is 7.21. The second-order valence-electron chi connectivity index (χ2n) is 16.4. The molecule has 0 amide bonds. The second kappa shape index (κ2) is 13.0. The van der Waals surface area contributed by atoms with Crippen molar-refractivity contribution in [2.45, 2.75) is 5.41 Å². The van der Waals surface area contributed by atoms with Gasteiger partial charge in [0.1, 0.15) is 11.5 Å². The molecule has 0 radical (unpaired) electrons. The fourth-order valence-electron chi connectivity index (χ4n) is 10.7. The Bertz CT molecular complexity index is 3510. The number of benzene rings is 11. The minimum absolute atomic E-state index is 0.614. The van der Waals surface area contributed by atoms with Crippen LogP contribution in [-0.2, 0) is 5.41 Å². The predicted molar refractivity (Wildman–Crippen MR) is 254 cm³/mol. The highest BCUT2D eigenvalue weighted by Gasteiger charge is 2.52. The van der Waals surface area contributed by atoms with Crippen LogP contribution in [0.25, 0.3) is 65.3 Å². The van der Waals surface area contributed by atoms with Crippen molar-refractivity contribution in [1.82, 2.24) is 0 Å². The van der Waals surface area contributed by atoms with Gasteiger partial charge in [-0.1, -0.05) is 194 Å². The molecule has 13 rings (SSSR count). The van der Waals surface area contributed by atoms with Crippen LogP contribution in [0, 0.1) is 0 Å². The van der Waals surface area contributed by atoms with Crippen molar-refractivity contribution in [2.75, 3.05) is 4.90 Å². The molecule has 0 atom stereocenters. The maximum Gasteiger partial charge on any atom is 0.140 e. The van der Waals surface area contributed by atoms with E-state index in [1.807, 2.05) is 0 Å². The van der Waals surface area contributed by atoms with Gasteiger partial charge in [0.05, 0.1) is 11.1 Å². The standard InChI is InChI=1S/C59H37NO/c1-2-18-42-36-45(33-30-38(42)14-1)60(55-29-12-19-39-15-3-6-22-46(39)55)44-21-11-20-43(37-44)47-26-13-28-52-56(47)50-25-9-10-27-51(50)59(52)53-34-31-40-16-4-7-23-48(40)57(53)61-58-49-24-8-5-17-41(49)32-35-54(58)59/h1-37H. The molecule has 0 saturated carbocycles. The molecular weight excluding hydrogens is 739 g/mol. The lowest BCUT2D eigenvalue weighted by Gasteiger charge is -2.40. The summed E-state index contributed by atoms with van der Waals surface area (Å²) in [5.74, 6) is 1.86. The number of hydrogen-bond acceptors (Lipinski definition) is 2. The lowest BCUT2D eigenvalue weighted by molar-refractivity contribution is 0.447. The van der Waals surface area contributed by atoms with E-state index in [4.69, 9.17) is 4.74 Å². The number of fused-ring (bicyclic) bond motifs is 15. The molecule has 1 heterocycles. The molecule has 0 N–H and O–H groups in total. The number of anilines is 3. The fourth-order valence-corrected chi connectivity index (χ4v) is 10.7. The summed E-state index contributed by atoms with van der Waals surface area (Å²) in [6.07, 6.45) is 0. The van der Waals surface area contributed by atoms with Gasteiger partial charge in [0.2, 0.25) is 0 Å². The van der Waals surface area contributed by atoms with Crippen molar-refractivity contribution in [2.24, 2.45) is 0 Å². The molecule has 0 fully saturated rings. The molecule has 0 unspecified atom stereocenters. The Hall–Kier alpha value is -7.94. The zero-order chi connectivity index (χ0) is 40.1. The van der Waals surface area contributed by atoms with Crippen molar-refractivity contribution in [3.05, 3.63) is 247 Å². The van der Waals surface area contributed by atoms with Gasteiger partial charge in [0.15, 0.2) is 0 Å². The first-order chi connectivity index (χ1) is 30.3. The molecule has 11 aromatic rings. The summed E-state index contributed by atoms with van der Waals surface area (Å²) in [6.45, 7) is 0. The van der Waals surface area contributed by atoms with Crippen LogP contribution in [-0.4, -0.2) is 0 Å². The monoisotopic (exact) mass is 775 g/mol. The molecule has 1 aliphatic carbocycles. The minimum atomic E-state index is -0.614. The highest BCUT2D eigenvalue weighted by Crippen LogP contribution is 2.65. The molecule has 0 bridgehead atoms. The van der Waals surface area contributed by atoms with Gasteiger partial charge in [-0.15, -0.1) is 0 Å². The Morgan fingerprint density at radius 3 is 1.61 bits per heavy atom. The second-order valence-corrected chi connectivity index (χ2v) is 16.4. The Balaban J connectivity index is 1.08. The molecular formula is C59H37NO. The minimum Gasteiger partial charge on any atom is -0.455 e. The van der Waals surface area contributed by atoms with Crippen LogP contribution in [0.2, 0.25) is 0 Å². The molecule has 2 nitrogen and oxygen atoms in total. The van der Waals surface area contributed by atoms with Crippen molar-refractivity contribution in [3.63, 3.8) is 0 Å². The Morgan fingerprint density at radius 1 is 0.328 bits per heavy atom. The van der Waals surface area contributed by atoms with E-state index >= 15 is 0 Å². The van der Waals surface area contributed by atoms with E-state index in [0.717, 1.165) is 44.9 Å². The van der Waals surface area contributed by atoms with Gasteiger partial charge in [0, 0.05) is 38.7 Å². The number of rotatable bonds is 4. The molecule has 0 aromatic heterocycles. The zero-order valence-electron chi connectivity index (χ0n) is 33.2. The number of ether oxygens (including phenoxy) is 1. The van der Waals surface area contributed by atoms with E-state index in [-0.39, 0.29) is 0 Å². The van der Waals surface area contributed by atoms with E-state index in [0.29, 0.717) is 0 Å². The van der Waals surface area contributed by atoms with Crippen LogP contribution in [0.3, 0.4) is 0 Å². The highest BCUT2D eigenvalue weighted by molar-refractivity contribution is 6.04. The zero-order valence-corrected chi connectivity index (χ0v) is 33.2. The van der Waals surface area contributed by atoms with Crippen molar-refractivity contribution >= 4 is 60.2 Å². The molecule has 2 aliphatic rings. The first-order valence-electron chi connectivity index (χ1n) is 21.1.